The van der Waals surface area contributed by atoms with Crippen LogP contribution in [0.4, 0.5) is 0 Å². The second kappa shape index (κ2) is 6.62. The van der Waals surface area contributed by atoms with Crippen molar-refractivity contribution in [3.63, 3.8) is 0 Å². The van der Waals surface area contributed by atoms with Crippen LogP contribution in [0, 0.1) is 0 Å². The lowest BCUT2D eigenvalue weighted by Crippen LogP contribution is -2.42. The van der Waals surface area contributed by atoms with Gasteiger partial charge < -0.3 is 5.11 Å². The molecule has 0 saturated heterocycles. The van der Waals surface area contributed by atoms with Gasteiger partial charge in [-0.15, -0.1) is 11.3 Å². The van der Waals surface area contributed by atoms with E-state index in [4.69, 9.17) is 11.6 Å². The van der Waals surface area contributed by atoms with E-state index in [-0.39, 0.29) is 29.4 Å². The largest absolute Gasteiger partial charge is 0.395 e. The van der Waals surface area contributed by atoms with Crippen molar-refractivity contribution in [1.82, 2.24) is 13.7 Å². The number of thiazole rings is 1. The SMILES string of the molecule is CCC(CC)N(CCO)S(=O)(=O)c1c(Cl)nc2sccn12. The highest BCUT2D eigenvalue weighted by Crippen LogP contribution is 2.29. The molecule has 0 bridgehead atoms. The Bertz CT molecular complexity index is 706. The fourth-order valence-electron chi connectivity index (χ4n) is 2.37. The van der Waals surface area contributed by atoms with Crippen LogP contribution < -0.4 is 0 Å². The number of hydrogen-bond acceptors (Lipinski definition) is 5. The molecule has 0 amide bonds. The van der Waals surface area contributed by atoms with Crippen molar-refractivity contribution >= 4 is 37.9 Å². The number of aromatic nitrogens is 2. The average Bonchev–Trinajstić information content (AvgIpc) is 2.98. The van der Waals surface area contributed by atoms with Gasteiger partial charge in [0.2, 0.25) is 0 Å². The molecule has 0 aliphatic carbocycles. The van der Waals surface area contributed by atoms with Crippen LogP contribution in [-0.2, 0) is 10.0 Å². The highest BCUT2D eigenvalue weighted by Gasteiger charge is 2.34. The summed E-state index contributed by atoms with van der Waals surface area (Å²) in [5.74, 6) is 0. The Labute approximate surface area is 133 Å². The summed E-state index contributed by atoms with van der Waals surface area (Å²) < 4.78 is 28.7. The molecule has 2 heterocycles. The summed E-state index contributed by atoms with van der Waals surface area (Å²) in [4.78, 5) is 4.61. The van der Waals surface area contributed by atoms with E-state index in [0.717, 1.165) is 0 Å². The Morgan fingerprint density at radius 3 is 2.71 bits per heavy atom. The molecule has 0 unspecified atom stereocenters. The molecule has 0 radical (unpaired) electrons. The van der Waals surface area contributed by atoms with Crippen LogP contribution in [-0.4, -0.2) is 46.4 Å². The van der Waals surface area contributed by atoms with Crippen LogP contribution in [0.3, 0.4) is 0 Å². The predicted molar refractivity (Wildman–Crippen MR) is 83.4 cm³/mol. The van der Waals surface area contributed by atoms with Crippen LogP contribution >= 0.6 is 22.9 Å². The lowest BCUT2D eigenvalue weighted by Gasteiger charge is -2.28. The van der Waals surface area contributed by atoms with Crippen molar-refractivity contribution in [3.05, 3.63) is 16.7 Å². The zero-order valence-corrected chi connectivity index (χ0v) is 14.2. The van der Waals surface area contributed by atoms with Crippen molar-refractivity contribution in [2.45, 2.75) is 37.8 Å². The third-order valence-corrected chi connectivity index (χ3v) is 6.51. The standard InChI is InChI=1S/C12H18ClN3O3S2/c1-3-9(4-2)16(5-7-17)21(18,19)11-10(13)14-12-15(11)6-8-20-12/h6,8-9,17H,3-5,7H2,1-2H3. The van der Waals surface area contributed by atoms with E-state index >= 15 is 0 Å². The Hall–Kier alpha value is -0.670. The topological polar surface area (TPSA) is 74.9 Å². The molecule has 0 spiro atoms. The summed E-state index contributed by atoms with van der Waals surface area (Å²) in [6.45, 7) is 3.65. The number of hydrogen-bond donors (Lipinski definition) is 1. The average molecular weight is 352 g/mol. The van der Waals surface area contributed by atoms with Gasteiger partial charge in [0.15, 0.2) is 15.1 Å². The molecule has 1 N–H and O–H groups in total. The molecular weight excluding hydrogens is 334 g/mol. The smallest absolute Gasteiger partial charge is 0.262 e. The van der Waals surface area contributed by atoms with E-state index in [1.54, 1.807) is 11.6 Å². The first-order valence-electron chi connectivity index (χ1n) is 6.71. The van der Waals surface area contributed by atoms with Crippen molar-refractivity contribution in [1.29, 1.82) is 0 Å². The van der Waals surface area contributed by atoms with Crippen molar-refractivity contribution < 1.29 is 13.5 Å². The molecule has 6 nitrogen and oxygen atoms in total. The third kappa shape index (κ3) is 2.95. The van der Waals surface area contributed by atoms with Gasteiger partial charge in [0.25, 0.3) is 10.0 Å². The highest BCUT2D eigenvalue weighted by atomic mass is 35.5. The van der Waals surface area contributed by atoms with E-state index in [1.165, 1.54) is 20.0 Å². The minimum atomic E-state index is -3.82. The maximum absolute atomic E-state index is 12.9. The van der Waals surface area contributed by atoms with Crippen LogP contribution in [0.5, 0.6) is 0 Å². The molecule has 2 rings (SSSR count). The van der Waals surface area contributed by atoms with Gasteiger partial charge in [0.1, 0.15) is 0 Å². The molecule has 0 aliphatic heterocycles. The second-order valence-electron chi connectivity index (χ2n) is 4.57. The first-order chi connectivity index (χ1) is 9.97. The lowest BCUT2D eigenvalue weighted by atomic mass is 10.2. The fraction of sp³-hybridized carbons (Fsp3) is 0.583. The number of rotatable bonds is 7. The molecule has 0 fully saturated rings. The Balaban J connectivity index is 2.57. The summed E-state index contributed by atoms with van der Waals surface area (Å²) in [5, 5.41) is 10.9. The number of imidazole rings is 1. The summed E-state index contributed by atoms with van der Waals surface area (Å²) in [5.41, 5.74) is 0. The molecule has 2 aromatic heterocycles. The van der Waals surface area contributed by atoms with Crippen molar-refractivity contribution in [2.24, 2.45) is 0 Å². The molecule has 9 heteroatoms. The summed E-state index contributed by atoms with van der Waals surface area (Å²) in [6.07, 6.45) is 2.97. The van der Waals surface area contributed by atoms with Crippen LogP contribution in [0.15, 0.2) is 16.6 Å². The maximum Gasteiger partial charge on any atom is 0.262 e. The second-order valence-corrected chi connectivity index (χ2v) is 7.61. The highest BCUT2D eigenvalue weighted by molar-refractivity contribution is 7.89. The summed E-state index contributed by atoms with van der Waals surface area (Å²) in [6, 6.07) is -0.178. The minimum absolute atomic E-state index is 0.0271. The number of fused-ring (bicyclic) bond motifs is 1. The summed E-state index contributed by atoms with van der Waals surface area (Å²) >= 11 is 7.35. The number of sulfonamides is 1. The van der Waals surface area contributed by atoms with E-state index < -0.39 is 10.0 Å². The van der Waals surface area contributed by atoms with Gasteiger partial charge in [-0.1, -0.05) is 25.4 Å². The monoisotopic (exact) mass is 351 g/mol. The Kier molecular flexibility index (Phi) is 5.26. The number of nitrogens with zero attached hydrogens (tertiary/aromatic N) is 3. The van der Waals surface area contributed by atoms with Gasteiger partial charge in [-0.2, -0.15) is 4.31 Å². The van der Waals surface area contributed by atoms with Crippen molar-refractivity contribution in [3.8, 4) is 0 Å². The quantitative estimate of drug-likeness (QED) is 0.830. The Morgan fingerprint density at radius 1 is 1.48 bits per heavy atom. The van der Waals surface area contributed by atoms with Gasteiger partial charge in [0, 0.05) is 24.2 Å². The molecule has 21 heavy (non-hydrogen) atoms. The van der Waals surface area contributed by atoms with E-state index in [2.05, 4.69) is 4.98 Å². The first kappa shape index (κ1) is 16.7. The fourth-order valence-corrected chi connectivity index (χ4v) is 5.55. The molecule has 0 aromatic carbocycles. The molecule has 0 aliphatic rings. The number of aliphatic hydroxyl groups is 1. The van der Waals surface area contributed by atoms with Crippen LogP contribution in [0.1, 0.15) is 26.7 Å². The van der Waals surface area contributed by atoms with Gasteiger partial charge >= 0.3 is 0 Å². The van der Waals surface area contributed by atoms with Gasteiger partial charge in [0.05, 0.1) is 6.61 Å². The Morgan fingerprint density at radius 2 is 2.14 bits per heavy atom. The number of halogens is 1. The van der Waals surface area contributed by atoms with Gasteiger partial charge in [-0.25, -0.2) is 13.4 Å². The molecule has 118 valence electrons. The minimum Gasteiger partial charge on any atom is -0.395 e. The van der Waals surface area contributed by atoms with E-state index in [9.17, 15) is 13.5 Å². The zero-order valence-electron chi connectivity index (χ0n) is 11.9. The maximum atomic E-state index is 12.9. The third-order valence-electron chi connectivity index (χ3n) is 3.40. The van der Waals surface area contributed by atoms with Gasteiger partial charge in [-0.3, -0.25) is 4.40 Å². The van der Waals surface area contributed by atoms with Crippen molar-refractivity contribution in [2.75, 3.05) is 13.2 Å². The van der Waals surface area contributed by atoms with Gasteiger partial charge in [-0.05, 0) is 12.8 Å². The normalized spacial score (nSPS) is 12.9. The summed E-state index contributed by atoms with van der Waals surface area (Å²) in [7, 11) is -3.82. The number of aliphatic hydroxyl groups excluding tert-OH is 1. The first-order valence-corrected chi connectivity index (χ1v) is 9.40. The molecule has 0 atom stereocenters. The molecular formula is C12H18ClN3O3S2. The van der Waals surface area contributed by atoms with Crippen LogP contribution in [0.25, 0.3) is 4.96 Å². The zero-order chi connectivity index (χ0) is 15.6. The molecule has 0 saturated carbocycles. The van der Waals surface area contributed by atoms with E-state index in [1.807, 2.05) is 13.8 Å². The lowest BCUT2D eigenvalue weighted by molar-refractivity contribution is 0.219. The molecule has 2 aromatic rings. The predicted octanol–water partition coefficient (Wildman–Crippen LogP) is 2.22. The van der Waals surface area contributed by atoms with Crippen LogP contribution in [0.2, 0.25) is 5.15 Å². The van der Waals surface area contributed by atoms with E-state index in [0.29, 0.717) is 17.8 Å².